The first-order valence-corrected chi connectivity index (χ1v) is 12.6. The average molecular weight is 461 g/mol. The Morgan fingerprint density at radius 3 is 2.68 bits per heavy atom. The van der Waals surface area contributed by atoms with E-state index in [1.54, 1.807) is 12.3 Å². The maximum atomic E-state index is 12.9. The lowest BCUT2D eigenvalue weighted by Gasteiger charge is -2.28. The Bertz CT molecular complexity index is 1060. The summed E-state index contributed by atoms with van der Waals surface area (Å²) in [6.07, 6.45) is 11.1. The first-order valence-electron chi connectivity index (χ1n) is 12.6. The van der Waals surface area contributed by atoms with Gasteiger partial charge in [-0.15, -0.1) is 0 Å². The molecule has 4 N–H and O–H groups in total. The second-order valence-corrected chi connectivity index (χ2v) is 9.77. The zero-order valence-corrected chi connectivity index (χ0v) is 21.5. The Labute approximate surface area is 205 Å². The predicted octanol–water partition coefficient (Wildman–Crippen LogP) is 5.61. The molecule has 5 nitrogen and oxygen atoms in total. The number of hydrogen-bond donors (Lipinski definition) is 4. The van der Waals surface area contributed by atoms with Gasteiger partial charge >= 0.3 is 0 Å². The maximum Gasteiger partial charge on any atom is 0.258 e. The molecule has 1 aromatic rings. The van der Waals surface area contributed by atoms with Crippen LogP contribution in [0.3, 0.4) is 0 Å². The van der Waals surface area contributed by atoms with Gasteiger partial charge in [-0.1, -0.05) is 58.0 Å². The van der Waals surface area contributed by atoms with Crippen molar-refractivity contribution in [3.8, 4) is 0 Å². The number of fused-ring (bicyclic) bond motifs is 1. The molecule has 1 heterocycles. The fourth-order valence-corrected chi connectivity index (χ4v) is 4.67. The van der Waals surface area contributed by atoms with Crippen LogP contribution < -0.4 is 16.0 Å². The Morgan fingerprint density at radius 1 is 1.24 bits per heavy atom. The van der Waals surface area contributed by atoms with Crippen molar-refractivity contribution < 1.29 is 4.79 Å². The first-order chi connectivity index (χ1) is 16.2. The van der Waals surface area contributed by atoms with Crippen LogP contribution in [-0.4, -0.2) is 18.3 Å². The van der Waals surface area contributed by atoms with Crippen LogP contribution in [0.2, 0.25) is 0 Å². The molecule has 0 radical (unpaired) electrons. The van der Waals surface area contributed by atoms with Crippen molar-refractivity contribution in [2.75, 3.05) is 6.54 Å². The van der Waals surface area contributed by atoms with E-state index in [0.29, 0.717) is 23.1 Å². The molecule has 1 amide bonds. The number of amidine groups is 1. The molecule has 3 rings (SSSR count). The molecule has 0 spiro atoms. The molecule has 1 saturated heterocycles. The van der Waals surface area contributed by atoms with Crippen molar-refractivity contribution in [1.82, 2.24) is 16.0 Å². The maximum absolute atomic E-state index is 12.9. The molecule has 1 aliphatic heterocycles. The summed E-state index contributed by atoms with van der Waals surface area (Å²) in [7, 11) is 0. The minimum absolute atomic E-state index is 0.108. The molecule has 0 aromatic heterocycles. The van der Waals surface area contributed by atoms with E-state index in [0.717, 1.165) is 37.1 Å². The van der Waals surface area contributed by atoms with Gasteiger partial charge in [0.05, 0.1) is 5.57 Å². The van der Waals surface area contributed by atoms with E-state index in [2.05, 4.69) is 80.9 Å². The van der Waals surface area contributed by atoms with E-state index in [1.165, 1.54) is 16.7 Å². The predicted molar refractivity (Wildman–Crippen MR) is 142 cm³/mol. The molecule has 0 saturated carbocycles. The fourth-order valence-electron chi connectivity index (χ4n) is 4.67. The molecule has 0 bridgehead atoms. The van der Waals surface area contributed by atoms with Crippen LogP contribution in [0.15, 0.2) is 65.2 Å². The second kappa shape index (κ2) is 11.4. The van der Waals surface area contributed by atoms with E-state index in [9.17, 15) is 4.79 Å². The van der Waals surface area contributed by atoms with E-state index >= 15 is 0 Å². The van der Waals surface area contributed by atoms with Gasteiger partial charge in [0.2, 0.25) is 0 Å². The van der Waals surface area contributed by atoms with Gasteiger partial charge in [0.1, 0.15) is 5.84 Å². The number of rotatable bonds is 9. The Hall–Kier alpha value is -3.08. The molecule has 5 heteroatoms. The number of amides is 1. The van der Waals surface area contributed by atoms with Gasteiger partial charge in [-0.25, -0.2) is 0 Å². The molecule has 1 aromatic carbocycles. The van der Waals surface area contributed by atoms with Crippen LogP contribution in [0.25, 0.3) is 0 Å². The van der Waals surface area contributed by atoms with Crippen LogP contribution in [0.4, 0.5) is 0 Å². The van der Waals surface area contributed by atoms with Crippen LogP contribution in [0.5, 0.6) is 0 Å². The summed E-state index contributed by atoms with van der Waals surface area (Å²) in [6, 6.07) is 6.74. The minimum Gasteiger partial charge on any atom is -0.391 e. The van der Waals surface area contributed by atoms with E-state index in [-0.39, 0.29) is 17.7 Å². The lowest BCUT2D eigenvalue weighted by Crippen LogP contribution is -2.23. The van der Waals surface area contributed by atoms with Gasteiger partial charge < -0.3 is 16.0 Å². The highest BCUT2D eigenvalue weighted by Gasteiger charge is 2.35. The van der Waals surface area contributed by atoms with Gasteiger partial charge in [0, 0.05) is 35.6 Å². The number of allylic oxidation sites excluding steroid dienone is 4. The molecule has 34 heavy (non-hydrogen) atoms. The second-order valence-electron chi connectivity index (χ2n) is 9.77. The van der Waals surface area contributed by atoms with Crippen molar-refractivity contribution in [1.29, 1.82) is 5.41 Å². The van der Waals surface area contributed by atoms with E-state index in [1.807, 2.05) is 6.92 Å². The lowest BCUT2D eigenvalue weighted by atomic mass is 9.76. The largest absolute Gasteiger partial charge is 0.391 e. The van der Waals surface area contributed by atoms with Gasteiger partial charge in [-0.2, -0.15) is 0 Å². The molecular formula is C29H40N4O. The third-order valence-electron chi connectivity index (χ3n) is 6.74. The Kier molecular flexibility index (Phi) is 8.54. The molecule has 1 fully saturated rings. The highest BCUT2D eigenvalue weighted by atomic mass is 16.2. The summed E-state index contributed by atoms with van der Waals surface area (Å²) in [6.45, 7) is 13.7. The van der Waals surface area contributed by atoms with Gasteiger partial charge in [-0.3, -0.25) is 10.2 Å². The summed E-state index contributed by atoms with van der Waals surface area (Å²) in [5.41, 5.74) is 7.10. The monoisotopic (exact) mass is 460 g/mol. The Balaban J connectivity index is 1.86. The summed E-state index contributed by atoms with van der Waals surface area (Å²) in [5, 5.41) is 17.6. The summed E-state index contributed by atoms with van der Waals surface area (Å²) < 4.78 is 0. The van der Waals surface area contributed by atoms with E-state index in [4.69, 9.17) is 5.41 Å². The first kappa shape index (κ1) is 25.5. The van der Waals surface area contributed by atoms with Crippen LogP contribution in [0, 0.1) is 24.2 Å². The summed E-state index contributed by atoms with van der Waals surface area (Å²) in [4.78, 5) is 12.9. The fraction of sp³-hybridized carbons (Fsp3) is 0.448. The minimum atomic E-state index is -0.108. The third-order valence-corrected chi connectivity index (χ3v) is 6.74. The van der Waals surface area contributed by atoms with Crippen LogP contribution in [0.1, 0.15) is 70.1 Å². The molecule has 2 aliphatic rings. The molecular weight excluding hydrogens is 420 g/mol. The molecule has 2 atom stereocenters. The summed E-state index contributed by atoms with van der Waals surface area (Å²) >= 11 is 0. The standard InChI is InChI=1S/C29H40N4O/c1-7-21-10-9-19(5)23(15-21)24-17-25-26(16-22(24)8-2)33-29(34)28(25)20(6)32-27(30)12-14-31-13-11-18(3)4/h9-10,12,14-18,22,24,31H,7-8,11,13H2,1-6H3,(H2,30,32)(H,33,34)/b14-12-,28-20-. The highest BCUT2D eigenvalue weighted by Crippen LogP contribution is 2.42. The Morgan fingerprint density at radius 2 is 2.00 bits per heavy atom. The third kappa shape index (κ3) is 5.88. The summed E-state index contributed by atoms with van der Waals surface area (Å²) in [5.74, 6) is 1.33. The number of aryl methyl sites for hydroxylation is 2. The van der Waals surface area contributed by atoms with Crippen LogP contribution >= 0.6 is 0 Å². The smallest absolute Gasteiger partial charge is 0.258 e. The lowest BCUT2D eigenvalue weighted by molar-refractivity contribution is -0.115. The van der Waals surface area contributed by atoms with Crippen molar-refractivity contribution >= 4 is 11.7 Å². The number of nitrogens with one attached hydrogen (secondary N) is 4. The number of carbonyl (C=O) groups excluding carboxylic acids is 1. The quantitative estimate of drug-likeness (QED) is 0.167. The number of carbonyl (C=O) groups is 1. The van der Waals surface area contributed by atoms with Gasteiger partial charge in [0.15, 0.2) is 0 Å². The van der Waals surface area contributed by atoms with E-state index < -0.39 is 0 Å². The topological polar surface area (TPSA) is 77.0 Å². The van der Waals surface area contributed by atoms with Gasteiger partial charge in [0.25, 0.3) is 5.91 Å². The molecule has 1 aliphatic carbocycles. The average Bonchev–Trinajstić information content (AvgIpc) is 3.12. The van der Waals surface area contributed by atoms with Gasteiger partial charge in [-0.05, 0) is 67.7 Å². The highest BCUT2D eigenvalue weighted by molar-refractivity contribution is 6.06. The molecule has 182 valence electrons. The normalized spacial score (nSPS) is 21.2. The number of benzene rings is 1. The van der Waals surface area contributed by atoms with Crippen molar-refractivity contribution in [2.24, 2.45) is 11.8 Å². The van der Waals surface area contributed by atoms with Crippen molar-refractivity contribution in [3.05, 3.63) is 81.9 Å². The SMILES string of the molecule is CCc1ccc(C)c(C2C=C3C(=CC2CC)NC(=O)/C3=C(/C)NC(=N)/C=C\NCCC(C)C)c1. The molecule has 2 unspecified atom stereocenters. The zero-order chi connectivity index (χ0) is 24.8. The van der Waals surface area contributed by atoms with Crippen LogP contribution in [-0.2, 0) is 11.2 Å². The number of hydrogen-bond acceptors (Lipinski definition) is 3. The van der Waals surface area contributed by atoms with Crippen molar-refractivity contribution in [3.63, 3.8) is 0 Å². The van der Waals surface area contributed by atoms with Crippen molar-refractivity contribution in [2.45, 2.75) is 66.7 Å². The zero-order valence-electron chi connectivity index (χ0n) is 21.5.